The van der Waals surface area contributed by atoms with E-state index >= 15 is 0 Å². The zero-order valence-electron chi connectivity index (χ0n) is 20.5. The lowest BCUT2D eigenvalue weighted by atomic mass is 9.69. The van der Waals surface area contributed by atoms with Gasteiger partial charge in [-0.05, 0) is 41.5 Å². The maximum Gasteiger partial charge on any atom is 0.334 e. The number of ether oxygens (including phenoxy) is 2. The second-order valence-corrected chi connectivity index (χ2v) is 9.38. The summed E-state index contributed by atoms with van der Waals surface area (Å²) < 4.78 is 10.3. The van der Waals surface area contributed by atoms with Crippen LogP contribution in [0.4, 0.5) is 16.2 Å². The van der Waals surface area contributed by atoms with Gasteiger partial charge in [0.15, 0.2) is 0 Å². The minimum Gasteiger partial charge on any atom is -0.469 e. The molecule has 5 rings (SSSR count). The number of hydrogen-bond donors (Lipinski definition) is 1. The molecule has 0 radical (unpaired) electrons. The van der Waals surface area contributed by atoms with E-state index in [2.05, 4.69) is 5.32 Å². The zero-order valence-corrected chi connectivity index (χ0v) is 21.3. The molecule has 0 bridgehead atoms. The quantitative estimate of drug-likeness (QED) is 0.484. The number of carbonyl (C=O) groups excluding carboxylic acids is 4. The second kappa shape index (κ2) is 9.79. The largest absolute Gasteiger partial charge is 0.469 e. The van der Waals surface area contributed by atoms with E-state index < -0.39 is 41.1 Å². The summed E-state index contributed by atoms with van der Waals surface area (Å²) in [6.45, 7) is 0. The van der Waals surface area contributed by atoms with E-state index in [9.17, 15) is 19.2 Å². The summed E-state index contributed by atoms with van der Waals surface area (Å²) in [4.78, 5) is 55.4. The summed E-state index contributed by atoms with van der Waals surface area (Å²) in [5.41, 5.74) is 0.170. The van der Waals surface area contributed by atoms with Gasteiger partial charge in [-0.25, -0.2) is 14.5 Å². The van der Waals surface area contributed by atoms with Gasteiger partial charge >= 0.3 is 18.0 Å². The normalized spacial score (nSPS) is 21.6. The number of rotatable bonds is 4. The minimum atomic E-state index is -1.70. The number of benzene rings is 3. The van der Waals surface area contributed by atoms with Gasteiger partial charge in [0.1, 0.15) is 5.41 Å². The summed E-state index contributed by atoms with van der Waals surface area (Å²) in [6, 6.07) is 21.3. The SMILES string of the molecule is COC(=O)C1=C[C@]2(C(=O)N(C(=O)Nc3ccccc3)c3ccccc32)[C@@H](C(=O)OC)[C@@H]1c1ccc(Cl)cc1. The van der Waals surface area contributed by atoms with Gasteiger partial charge in [0.05, 0.1) is 25.8 Å². The maximum absolute atomic E-state index is 14.4. The Morgan fingerprint density at radius 2 is 1.55 bits per heavy atom. The lowest BCUT2D eigenvalue weighted by molar-refractivity contribution is -0.150. The highest BCUT2D eigenvalue weighted by molar-refractivity contribution is 6.30. The van der Waals surface area contributed by atoms with Crippen LogP contribution in [0.15, 0.2) is 90.5 Å². The molecule has 1 N–H and O–H groups in total. The number of methoxy groups -OCH3 is 2. The van der Waals surface area contributed by atoms with E-state index in [1.807, 2.05) is 0 Å². The average molecular weight is 531 g/mol. The predicted octanol–water partition coefficient (Wildman–Crippen LogP) is 4.84. The summed E-state index contributed by atoms with van der Waals surface area (Å²) >= 11 is 6.10. The second-order valence-electron chi connectivity index (χ2n) is 8.94. The van der Waals surface area contributed by atoms with Crippen LogP contribution < -0.4 is 10.2 Å². The van der Waals surface area contributed by atoms with Crippen LogP contribution in [-0.4, -0.2) is 38.1 Å². The van der Waals surface area contributed by atoms with Gasteiger partial charge in [-0.2, -0.15) is 0 Å². The fourth-order valence-electron chi connectivity index (χ4n) is 5.43. The molecule has 0 fully saturated rings. The third-order valence-corrected chi connectivity index (χ3v) is 7.28. The molecule has 0 saturated heterocycles. The van der Waals surface area contributed by atoms with Crippen molar-refractivity contribution in [1.82, 2.24) is 0 Å². The van der Waals surface area contributed by atoms with Crippen molar-refractivity contribution < 1.29 is 28.7 Å². The molecule has 3 aromatic carbocycles. The number of urea groups is 1. The highest BCUT2D eigenvalue weighted by Gasteiger charge is 2.65. The zero-order chi connectivity index (χ0) is 27.0. The third kappa shape index (κ3) is 3.85. The molecule has 3 amide bonds. The summed E-state index contributed by atoms with van der Waals surface area (Å²) in [5, 5.41) is 3.20. The molecule has 38 heavy (non-hydrogen) atoms. The molecule has 0 unspecified atom stereocenters. The van der Waals surface area contributed by atoms with Crippen LogP contribution in [0.1, 0.15) is 17.0 Å². The smallest absolute Gasteiger partial charge is 0.334 e. The molecule has 1 heterocycles. The lowest BCUT2D eigenvalue weighted by Gasteiger charge is -2.31. The van der Waals surface area contributed by atoms with E-state index in [0.29, 0.717) is 27.5 Å². The molecule has 3 aromatic rings. The first-order valence-electron chi connectivity index (χ1n) is 11.8. The molecule has 3 atom stereocenters. The number of amides is 3. The monoisotopic (exact) mass is 530 g/mol. The van der Waals surface area contributed by atoms with Gasteiger partial charge in [0, 0.05) is 22.2 Å². The Bertz CT molecular complexity index is 1470. The summed E-state index contributed by atoms with van der Waals surface area (Å²) in [7, 11) is 2.45. The van der Waals surface area contributed by atoms with Crippen LogP contribution in [0.25, 0.3) is 0 Å². The first kappa shape index (κ1) is 25.2. The van der Waals surface area contributed by atoms with E-state index in [1.165, 1.54) is 20.3 Å². The molecular weight excluding hydrogens is 508 g/mol. The number of nitrogens with one attached hydrogen (secondary N) is 1. The van der Waals surface area contributed by atoms with Crippen molar-refractivity contribution in [2.24, 2.45) is 5.92 Å². The fraction of sp³-hybridized carbons (Fsp3) is 0.172. The number of anilines is 2. The molecule has 8 nitrogen and oxygen atoms in total. The van der Waals surface area contributed by atoms with Crippen molar-refractivity contribution in [3.05, 3.63) is 107 Å². The molecule has 2 aliphatic rings. The van der Waals surface area contributed by atoms with Crippen molar-refractivity contribution in [1.29, 1.82) is 0 Å². The highest BCUT2D eigenvalue weighted by Crippen LogP contribution is 2.58. The van der Waals surface area contributed by atoms with Crippen LogP contribution in [0, 0.1) is 5.92 Å². The fourth-order valence-corrected chi connectivity index (χ4v) is 5.56. The molecule has 9 heteroatoms. The molecule has 192 valence electrons. The molecule has 0 aromatic heterocycles. The number of carbonyl (C=O) groups is 4. The minimum absolute atomic E-state index is 0.110. The number of nitrogens with zero attached hydrogens (tertiary/aromatic N) is 1. The Kier molecular flexibility index (Phi) is 6.50. The van der Waals surface area contributed by atoms with Crippen molar-refractivity contribution in [2.75, 3.05) is 24.4 Å². The number of esters is 2. The molecular formula is C29H23ClN2O6. The summed E-state index contributed by atoms with van der Waals surface area (Å²) in [6.07, 6.45) is 1.46. The third-order valence-electron chi connectivity index (χ3n) is 7.02. The Morgan fingerprint density at radius 3 is 2.21 bits per heavy atom. The Morgan fingerprint density at radius 1 is 0.895 bits per heavy atom. The van der Waals surface area contributed by atoms with Gasteiger partial charge in [-0.15, -0.1) is 0 Å². The van der Waals surface area contributed by atoms with Gasteiger partial charge in [0.2, 0.25) is 0 Å². The summed E-state index contributed by atoms with van der Waals surface area (Å²) in [5.74, 6) is -4.20. The van der Waals surface area contributed by atoms with Crippen molar-refractivity contribution in [3.8, 4) is 0 Å². The van der Waals surface area contributed by atoms with Crippen LogP contribution in [0.2, 0.25) is 5.02 Å². The van der Waals surface area contributed by atoms with Crippen LogP contribution in [-0.2, 0) is 29.3 Å². The van der Waals surface area contributed by atoms with E-state index in [4.69, 9.17) is 21.1 Å². The Labute approximate surface area is 223 Å². The first-order chi connectivity index (χ1) is 18.3. The van der Waals surface area contributed by atoms with E-state index in [1.54, 1.807) is 78.9 Å². The Balaban J connectivity index is 1.71. The average Bonchev–Trinajstić information content (AvgIpc) is 3.42. The maximum atomic E-state index is 14.4. The predicted molar refractivity (Wildman–Crippen MR) is 141 cm³/mol. The van der Waals surface area contributed by atoms with E-state index in [0.717, 1.165) is 4.90 Å². The van der Waals surface area contributed by atoms with Crippen LogP contribution in [0.3, 0.4) is 0 Å². The molecule has 1 spiro atoms. The topological polar surface area (TPSA) is 102 Å². The highest BCUT2D eigenvalue weighted by atomic mass is 35.5. The first-order valence-corrected chi connectivity index (χ1v) is 12.2. The van der Waals surface area contributed by atoms with Crippen LogP contribution in [0.5, 0.6) is 0 Å². The molecule has 1 aliphatic carbocycles. The van der Waals surface area contributed by atoms with Crippen LogP contribution >= 0.6 is 11.6 Å². The van der Waals surface area contributed by atoms with E-state index in [-0.39, 0.29) is 5.57 Å². The lowest BCUT2D eigenvalue weighted by Crippen LogP contribution is -2.49. The number of halogens is 1. The van der Waals surface area contributed by atoms with Crippen molar-refractivity contribution >= 4 is 46.9 Å². The number of para-hydroxylation sites is 2. The Hall–Kier alpha value is -4.43. The standard InChI is InChI=1S/C29H23ClN2O6/c1-37-25(33)20-16-29(24(26(34)38-2)23(20)17-12-14-18(30)15-13-17)21-10-6-7-11-22(21)32(27(29)35)28(36)31-19-8-4-3-5-9-19/h3-16,23-24H,1-2H3,(H,31,36)/t23-,24-,29-/m1/s1. The van der Waals surface area contributed by atoms with Gasteiger partial charge in [0.25, 0.3) is 5.91 Å². The van der Waals surface area contributed by atoms with Gasteiger partial charge in [-0.3, -0.25) is 9.59 Å². The number of hydrogen-bond acceptors (Lipinski definition) is 6. The van der Waals surface area contributed by atoms with Crippen molar-refractivity contribution in [2.45, 2.75) is 11.3 Å². The number of fused-ring (bicyclic) bond motifs is 2. The van der Waals surface area contributed by atoms with Gasteiger partial charge in [-0.1, -0.05) is 66.2 Å². The molecule has 0 saturated carbocycles. The molecule has 1 aliphatic heterocycles. The van der Waals surface area contributed by atoms with Gasteiger partial charge < -0.3 is 14.8 Å². The number of imide groups is 1. The van der Waals surface area contributed by atoms with Crippen molar-refractivity contribution in [3.63, 3.8) is 0 Å².